The molecule has 3 N–H and O–H groups in total. The monoisotopic (exact) mass is 416 g/mol. The highest BCUT2D eigenvalue weighted by molar-refractivity contribution is 6.03. The molecular weight excluding hydrogens is 392 g/mol. The van der Waals surface area contributed by atoms with Gasteiger partial charge in [-0.2, -0.15) is 0 Å². The number of phenolic OH excluding ortho intramolecular Hbond substituents is 1. The average molecular weight is 416 g/mol. The minimum absolute atomic E-state index is 0.0850. The number of carbonyl (C=O) groups excluding carboxylic acids is 1. The minimum Gasteiger partial charge on any atom is -0.508 e. The van der Waals surface area contributed by atoms with E-state index < -0.39 is 0 Å². The van der Waals surface area contributed by atoms with E-state index >= 15 is 0 Å². The SMILES string of the molecule is CNCCCNC(=O)c1ccc(-c2c3ccc(=O)cc-3oc3cc(O)ccc23)c(C)c1. The first-order valence-corrected chi connectivity index (χ1v) is 10.2. The molecule has 4 rings (SSSR count). The highest BCUT2D eigenvalue weighted by atomic mass is 16.3. The number of benzene rings is 3. The fraction of sp³-hybridized carbons (Fsp3) is 0.200. The van der Waals surface area contributed by atoms with Crippen LogP contribution in [0.4, 0.5) is 0 Å². The van der Waals surface area contributed by atoms with Gasteiger partial charge in [-0.1, -0.05) is 6.07 Å². The molecule has 0 spiro atoms. The molecule has 0 radical (unpaired) electrons. The molecule has 0 bridgehead atoms. The zero-order valence-corrected chi connectivity index (χ0v) is 17.5. The van der Waals surface area contributed by atoms with Gasteiger partial charge in [0.1, 0.15) is 17.1 Å². The Kier molecular flexibility index (Phi) is 5.73. The van der Waals surface area contributed by atoms with Crippen LogP contribution in [0.1, 0.15) is 22.3 Å². The Labute approximate surface area is 179 Å². The second-order valence-corrected chi connectivity index (χ2v) is 7.56. The molecule has 0 saturated heterocycles. The highest BCUT2D eigenvalue weighted by Crippen LogP contribution is 2.41. The molecule has 1 aliphatic carbocycles. The topological polar surface area (TPSA) is 91.6 Å². The van der Waals surface area contributed by atoms with Gasteiger partial charge < -0.3 is 20.2 Å². The summed E-state index contributed by atoms with van der Waals surface area (Å²) in [5.41, 5.74) is 4.49. The van der Waals surface area contributed by atoms with Crippen LogP contribution in [0.2, 0.25) is 0 Å². The van der Waals surface area contributed by atoms with Crippen molar-refractivity contribution in [2.24, 2.45) is 0 Å². The molecule has 1 amide bonds. The summed E-state index contributed by atoms with van der Waals surface area (Å²) in [4.78, 5) is 24.4. The van der Waals surface area contributed by atoms with Crippen LogP contribution in [0.25, 0.3) is 33.4 Å². The largest absolute Gasteiger partial charge is 0.508 e. The van der Waals surface area contributed by atoms with Crippen molar-refractivity contribution in [2.45, 2.75) is 13.3 Å². The molecule has 0 fully saturated rings. The van der Waals surface area contributed by atoms with Crippen LogP contribution in [-0.4, -0.2) is 31.2 Å². The fourth-order valence-electron chi connectivity index (χ4n) is 3.80. The molecule has 2 aromatic rings. The van der Waals surface area contributed by atoms with Crippen molar-refractivity contribution in [1.82, 2.24) is 10.6 Å². The van der Waals surface area contributed by atoms with Gasteiger partial charge in [0.25, 0.3) is 5.91 Å². The lowest BCUT2D eigenvalue weighted by molar-refractivity contribution is 0.0953. The second-order valence-electron chi connectivity index (χ2n) is 7.56. The van der Waals surface area contributed by atoms with Gasteiger partial charge in [-0.05, 0) is 74.5 Å². The van der Waals surface area contributed by atoms with Gasteiger partial charge in [-0.3, -0.25) is 9.59 Å². The van der Waals surface area contributed by atoms with E-state index in [9.17, 15) is 14.7 Å². The molecule has 1 aliphatic heterocycles. The Bertz CT molecular complexity index is 1290. The summed E-state index contributed by atoms with van der Waals surface area (Å²) in [7, 11) is 1.88. The lowest BCUT2D eigenvalue weighted by atomic mass is 9.90. The summed E-state index contributed by atoms with van der Waals surface area (Å²) in [5.74, 6) is 0.428. The Hall–Kier alpha value is -3.64. The van der Waals surface area contributed by atoms with Crippen LogP contribution in [0, 0.1) is 6.92 Å². The maximum Gasteiger partial charge on any atom is 0.251 e. The van der Waals surface area contributed by atoms with Gasteiger partial charge in [-0.25, -0.2) is 0 Å². The molecule has 6 heteroatoms. The summed E-state index contributed by atoms with van der Waals surface area (Å²) in [5, 5.41) is 16.7. The normalized spacial score (nSPS) is 11.2. The highest BCUT2D eigenvalue weighted by Gasteiger charge is 2.19. The third-order valence-electron chi connectivity index (χ3n) is 5.32. The van der Waals surface area contributed by atoms with E-state index in [4.69, 9.17) is 4.42 Å². The number of aryl methyl sites for hydroxylation is 1. The smallest absolute Gasteiger partial charge is 0.251 e. The molecule has 0 saturated carbocycles. The number of hydrogen-bond donors (Lipinski definition) is 3. The molecule has 0 aromatic heterocycles. The number of aromatic hydroxyl groups is 1. The predicted molar refractivity (Wildman–Crippen MR) is 122 cm³/mol. The van der Waals surface area contributed by atoms with Gasteiger partial charge in [0, 0.05) is 40.8 Å². The second kappa shape index (κ2) is 8.62. The molecule has 1 heterocycles. The standard InChI is InChI=1S/C25H24N2O4/c1-15-12-16(25(30)27-11-3-10-26-2)4-7-19(15)24-20-8-5-17(28)13-22(20)31-23-14-18(29)6-9-21(23)24/h4-9,12-14,26,28H,3,10-11H2,1-2H3,(H,27,30). The molecule has 2 aliphatic rings. The van der Waals surface area contributed by atoms with Crippen molar-refractivity contribution in [2.75, 3.05) is 20.1 Å². The van der Waals surface area contributed by atoms with Gasteiger partial charge in [-0.15, -0.1) is 0 Å². The zero-order valence-electron chi connectivity index (χ0n) is 17.5. The number of fused-ring (bicyclic) bond motifs is 2. The van der Waals surface area contributed by atoms with Crippen molar-refractivity contribution < 1.29 is 14.3 Å². The molecule has 2 aromatic carbocycles. The van der Waals surface area contributed by atoms with Crippen LogP contribution >= 0.6 is 0 Å². The van der Waals surface area contributed by atoms with Crippen LogP contribution in [-0.2, 0) is 0 Å². The molecule has 0 unspecified atom stereocenters. The number of hydrogen-bond acceptors (Lipinski definition) is 5. The summed E-state index contributed by atoms with van der Waals surface area (Å²) < 4.78 is 5.91. The molecule has 6 nitrogen and oxygen atoms in total. The first-order chi connectivity index (χ1) is 15.0. The van der Waals surface area contributed by atoms with E-state index in [1.165, 1.54) is 18.2 Å². The maximum atomic E-state index is 12.5. The van der Waals surface area contributed by atoms with E-state index in [2.05, 4.69) is 10.6 Å². The number of nitrogens with one attached hydrogen (secondary N) is 2. The van der Waals surface area contributed by atoms with Crippen molar-refractivity contribution >= 4 is 16.9 Å². The Morgan fingerprint density at radius 2 is 1.81 bits per heavy atom. The van der Waals surface area contributed by atoms with Crippen molar-refractivity contribution in [1.29, 1.82) is 0 Å². The number of carbonyl (C=O) groups is 1. The van der Waals surface area contributed by atoms with E-state index in [1.807, 2.05) is 26.1 Å². The first kappa shape index (κ1) is 20.6. The van der Waals surface area contributed by atoms with Crippen LogP contribution < -0.4 is 16.1 Å². The fourth-order valence-corrected chi connectivity index (χ4v) is 3.80. The summed E-state index contributed by atoms with van der Waals surface area (Å²) in [6.45, 7) is 3.41. The number of amides is 1. The van der Waals surface area contributed by atoms with Gasteiger partial charge in [0.15, 0.2) is 5.43 Å². The van der Waals surface area contributed by atoms with Crippen LogP contribution in [0.3, 0.4) is 0 Å². The number of rotatable bonds is 6. The molecule has 158 valence electrons. The van der Waals surface area contributed by atoms with E-state index in [0.717, 1.165) is 40.6 Å². The minimum atomic E-state index is -0.149. The van der Waals surface area contributed by atoms with Gasteiger partial charge in [0.2, 0.25) is 0 Å². The lowest BCUT2D eigenvalue weighted by Crippen LogP contribution is -2.26. The Morgan fingerprint density at radius 1 is 1.00 bits per heavy atom. The first-order valence-electron chi connectivity index (χ1n) is 10.2. The van der Waals surface area contributed by atoms with Gasteiger partial charge in [0.05, 0.1) is 0 Å². The average Bonchev–Trinajstić information content (AvgIpc) is 2.75. The van der Waals surface area contributed by atoms with Crippen molar-refractivity contribution in [3.63, 3.8) is 0 Å². The third kappa shape index (κ3) is 4.15. The summed E-state index contributed by atoms with van der Waals surface area (Å²) in [6, 6.07) is 15.3. The van der Waals surface area contributed by atoms with Crippen LogP contribution in [0.15, 0.2) is 63.8 Å². The van der Waals surface area contributed by atoms with Crippen molar-refractivity contribution in [3.8, 4) is 28.2 Å². The molecule has 0 atom stereocenters. The molecular formula is C25H24N2O4. The summed E-state index contributed by atoms with van der Waals surface area (Å²) >= 11 is 0. The zero-order chi connectivity index (χ0) is 22.0. The van der Waals surface area contributed by atoms with E-state index in [-0.39, 0.29) is 17.1 Å². The van der Waals surface area contributed by atoms with Crippen molar-refractivity contribution in [3.05, 3.63) is 75.9 Å². The quantitative estimate of drug-likeness (QED) is 0.327. The van der Waals surface area contributed by atoms with Crippen LogP contribution in [0.5, 0.6) is 5.75 Å². The van der Waals surface area contributed by atoms with E-state index in [0.29, 0.717) is 23.5 Å². The Balaban J connectivity index is 1.81. The molecule has 31 heavy (non-hydrogen) atoms. The lowest BCUT2D eigenvalue weighted by Gasteiger charge is -2.17. The predicted octanol–water partition coefficient (Wildman–Crippen LogP) is 3.92. The number of phenols is 1. The van der Waals surface area contributed by atoms with E-state index in [1.54, 1.807) is 24.3 Å². The Morgan fingerprint density at radius 3 is 2.58 bits per heavy atom. The summed E-state index contributed by atoms with van der Waals surface area (Å²) in [6.07, 6.45) is 0.860. The maximum absolute atomic E-state index is 12.5. The van der Waals surface area contributed by atoms with Gasteiger partial charge >= 0.3 is 0 Å². The third-order valence-corrected chi connectivity index (χ3v) is 5.32.